The summed E-state index contributed by atoms with van der Waals surface area (Å²) in [7, 11) is 0. The van der Waals surface area contributed by atoms with Crippen LogP contribution in [0.2, 0.25) is 0 Å². The Hall–Kier alpha value is -2.12. The van der Waals surface area contributed by atoms with Crippen molar-refractivity contribution in [3.8, 4) is 0 Å². The Kier molecular flexibility index (Phi) is 10.4. The molecule has 0 aromatic rings. The molecule has 0 aromatic carbocycles. The first-order valence-corrected chi connectivity index (χ1v) is 8.05. The molecular weight excluding hydrogens is 320 g/mol. The number of carbonyl (C=O) groups is 4. The first-order chi connectivity index (χ1) is 11.3. The van der Waals surface area contributed by atoms with Crippen LogP contribution < -0.4 is 0 Å². The van der Waals surface area contributed by atoms with Crippen LogP contribution in [0.4, 0.5) is 0 Å². The lowest BCUT2D eigenvalue weighted by atomic mass is 9.94. The number of esters is 4. The molecule has 0 aromatic heterocycles. The lowest BCUT2D eigenvalue weighted by Crippen LogP contribution is -2.48. The predicted octanol–water partition coefficient (Wildman–Crippen LogP) is 1.54. The fourth-order valence-electron chi connectivity index (χ4n) is 1.95. The molecule has 0 fully saturated rings. The van der Waals surface area contributed by atoms with E-state index in [1.165, 1.54) is 0 Å². The summed E-state index contributed by atoms with van der Waals surface area (Å²) in [5.41, 5.74) is -2.08. The lowest BCUT2D eigenvalue weighted by Gasteiger charge is -2.29. The molecule has 0 aliphatic heterocycles. The van der Waals surface area contributed by atoms with Crippen LogP contribution in [0.25, 0.3) is 0 Å². The van der Waals surface area contributed by atoms with Gasteiger partial charge in [-0.15, -0.1) is 0 Å². The quantitative estimate of drug-likeness (QED) is 0.410. The Morgan fingerprint density at radius 2 is 1.17 bits per heavy atom. The van der Waals surface area contributed by atoms with E-state index in [4.69, 9.17) is 18.9 Å². The molecule has 0 spiro atoms. The Bertz CT molecular complexity index is 393. The minimum absolute atomic E-state index is 0.00242. The fourth-order valence-corrected chi connectivity index (χ4v) is 1.95. The Labute approximate surface area is 141 Å². The largest absolute Gasteiger partial charge is 0.466 e. The lowest BCUT2D eigenvalue weighted by molar-refractivity contribution is -0.191. The zero-order valence-electron chi connectivity index (χ0n) is 14.7. The number of hydrogen-bond donors (Lipinski definition) is 0. The highest BCUT2D eigenvalue weighted by atomic mass is 16.6. The van der Waals surface area contributed by atoms with Crippen molar-refractivity contribution in [3.63, 3.8) is 0 Å². The number of hydrogen-bond acceptors (Lipinski definition) is 8. The van der Waals surface area contributed by atoms with Gasteiger partial charge in [-0.1, -0.05) is 6.92 Å². The Morgan fingerprint density at radius 3 is 1.54 bits per heavy atom. The average molecular weight is 346 g/mol. The van der Waals surface area contributed by atoms with E-state index in [1.54, 1.807) is 27.7 Å². The van der Waals surface area contributed by atoms with E-state index in [-0.39, 0.29) is 26.2 Å². The summed E-state index contributed by atoms with van der Waals surface area (Å²) >= 11 is 0. The van der Waals surface area contributed by atoms with Crippen LogP contribution in [0.1, 0.15) is 53.4 Å². The summed E-state index contributed by atoms with van der Waals surface area (Å²) in [6, 6.07) is 0. The normalized spacial score (nSPS) is 10.7. The van der Waals surface area contributed by atoms with Crippen molar-refractivity contribution in [2.75, 3.05) is 19.8 Å². The SMILES string of the molecule is CCCC(=O)OC(CC(=O)OCC)(CC(=O)OCC)C(=O)OCC. The van der Waals surface area contributed by atoms with Gasteiger partial charge in [-0.05, 0) is 27.2 Å². The third-order valence-electron chi connectivity index (χ3n) is 2.88. The molecule has 8 nitrogen and oxygen atoms in total. The topological polar surface area (TPSA) is 105 Å². The summed E-state index contributed by atoms with van der Waals surface area (Å²) in [4.78, 5) is 48.0. The molecule has 0 rings (SSSR count). The average Bonchev–Trinajstić information content (AvgIpc) is 2.47. The molecule has 8 heteroatoms. The monoisotopic (exact) mass is 346 g/mol. The van der Waals surface area contributed by atoms with Crippen molar-refractivity contribution in [2.24, 2.45) is 0 Å². The molecule has 0 atom stereocenters. The fraction of sp³-hybridized carbons (Fsp3) is 0.750. The number of carbonyl (C=O) groups excluding carboxylic acids is 4. The van der Waals surface area contributed by atoms with Gasteiger partial charge in [-0.2, -0.15) is 0 Å². The van der Waals surface area contributed by atoms with Crippen LogP contribution in [0.3, 0.4) is 0 Å². The van der Waals surface area contributed by atoms with Crippen molar-refractivity contribution in [1.29, 1.82) is 0 Å². The Balaban J connectivity index is 5.60. The molecule has 0 radical (unpaired) electrons. The molecule has 0 unspecified atom stereocenters. The van der Waals surface area contributed by atoms with E-state index in [1.807, 2.05) is 0 Å². The molecule has 24 heavy (non-hydrogen) atoms. The van der Waals surface area contributed by atoms with Gasteiger partial charge in [0, 0.05) is 6.42 Å². The van der Waals surface area contributed by atoms with Gasteiger partial charge < -0.3 is 18.9 Å². The van der Waals surface area contributed by atoms with Crippen molar-refractivity contribution in [1.82, 2.24) is 0 Å². The second kappa shape index (κ2) is 11.4. The first kappa shape index (κ1) is 21.9. The van der Waals surface area contributed by atoms with Crippen LogP contribution in [-0.2, 0) is 38.1 Å². The Morgan fingerprint density at radius 1 is 0.708 bits per heavy atom. The van der Waals surface area contributed by atoms with Crippen molar-refractivity contribution >= 4 is 23.9 Å². The van der Waals surface area contributed by atoms with E-state index < -0.39 is 42.3 Å². The van der Waals surface area contributed by atoms with Crippen LogP contribution in [0, 0.1) is 0 Å². The maximum atomic E-state index is 12.4. The van der Waals surface area contributed by atoms with Gasteiger partial charge in [0.05, 0.1) is 32.7 Å². The summed E-state index contributed by atoms with van der Waals surface area (Å²) in [6.45, 7) is 6.67. The molecule has 0 heterocycles. The molecule has 0 aliphatic rings. The molecule has 0 aliphatic carbocycles. The van der Waals surface area contributed by atoms with Crippen molar-refractivity contribution in [2.45, 2.75) is 59.0 Å². The summed E-state index contributed by atoms with van der Waals surface area (Å²) in [5, 5.41) is 0. The molecule has 0 N–H and O–H groups in total. The highest BCUT2D eigenvalue weighted by molar-refractivity contribution is 5.92. The van der Waals surface area contributed by atoms with Gasteiger partial charge in [0.1, 0.15) is 0 Å². The van der Waals surface area contributed by atoms with E-state index in [2.05, 4.69) is 0 Å². The van der Waals surface area contributed by atoms with Gasteiger partial charge >= 0.3 is 23.9 Å². The number of rotatable bonds is 11. The van der Waals surface area contributed by atoms with E-state index in [0.29, 0.717) is 6.42 Å². The molecule has 0 saturated carbocycles. The van der Waals surface area contributed by atoms with Gasteiger partial charge in [-0.3, -0.25) is 14.4 Å². The number of ether oxygens (including phenoxy) is 4. The second-order valence-corrected chi connectivity index (χ2v) is 4.90. The molecular formula is C16H26O8. The predicted molar refractivity (Wildman–Crippen MR) is 82.9 cm³/mol. The van der Waals surface area contributed by atoms with Gasteiger partial charge in [0.25, 0.3) is 0 Å². The molecule has 0 amide bonds. The van der Waals surface area contributed by atoms with Crippen LogP contribution >= 0.6 is 0 Å². The van der Waals surface area contributed by atoms with E-state index in [0.717, 1.165) is 0 Å². The third kappa shape index (κ3) is 7.43. The second-order valence-electron chi connectivity index (χ2n) is 4.90. The van der Waals surface area contributed by atoms with Gasteiger partial charge in [0.2, 0.25) is 5.60 Å². The van der Waals surface area contributed by atoms with Crippen LogP contribution in [-0.4, -0.2) is 49.3 Å². The van der Waals surface area contributed by atoms with Crippen molar-refractivity contribution < 1.29 is 38.1 Å². The maximum Gasteiger partial charge on any atom is 0.351 e. The van der Waals surface area contributed by atoms with Gasteiger partial charge in [-0.25, -0.2) is 4.79 Å². The summed E-state index contributed by atoms with van der Waals surface area (Å²) in [5.74, 6) is -3.24. The highest BCUT2D eigenvalue weighted by Gasteiger charge is 2.48. The molecule has 0 saturated heterocycles. The highest BCUT2D eigenvalue weighted by Crippen LogP contribution is 2.26. The summed E-state index contributed by atoms with van der Waals surface area (Å²) < 4.78 is 19.8. The minimum atomic E-state index is -2.08. The van der Waals surface area contributed by atoms with E-state index in [9.17, 15) is 19.2 Å². The van der Waals surface area contributed by atoms with Crippen LogP contribution in [0.5, 0.6) is 0 Å². The third-order valence-corrected chi connectivity index (χ3v) is 2.88. The standard InChI is InChI=1S/C16H26O8/c1-5-9-12(17)24-16(15(20)23-8-4,10-13(18)21-6-2)11-14(19)22-7-3/h5-11H2,1-4H3. The van der Waals surface area contributed by atoms with Gasteiger partial charge in [0.15, 0.2) is 0 Å². The van der Waals surface area contributed by atoms with Crippen molar-refractivity contribution in [3.05, 3.63) is 0 Å². The van der Waals surface area contributed by atoms with E-state index >= 15 is 0 Å². The minimum Gasteiger partial charge on any atom is -0.466 e. The maximum absolute atomic E-state index is 12.4. The summed E-state index contributed by atoms with van der Waals surface area (Å²) in [6.07, 6.45) is -0.717. The zero-order valence-corrected chi connectivity index (χ0v) is 14.7. The molecule has 0 bridgehead atoms. The first-order valence-electron chi connectivity index (χ1n) is 8.05. The van der Waals surface area contributed by atoms with Crippen LogP contribution in [0.15, 0.2) is 0 Å². The zero-order chi connectivity index (χ0) is 18.6. The smallest absolute Gasteiger partial charge is 0.351 e. The molecule has 138 valence electrons.